The highest BCUT2D eigenvalue weighted by molar-refractivity contribution is 7.99. The lowest BCUT2D eigenvalue weighted by atomic mass is 10.1. The number of hydrogen-bond donors (Lipinski definition) is 1. The van der Waals surface area contributed by atoms with Gasteiger partial charge in [0.2, 0.25) is 0 Å². The average Bonchev–Trinajstić information content (AvgIpc) is 2.07. The minimum Gasteiger partial charge on any atom is -0.383 e. The summed E-state index contributed by atoms with van der Waals surface area (Å²) >= 11 is 1.95. The number of anilines is 1. The molecule has 1 nitrogen and oxygen atoms in total. The first-order chi connectivity index (χ1) is 5.77. The van der Waals surface area contributed by atoms with Crippen LogP contribution >= 0.6 is 11.8 Å². The number of nitrogens with one attached hydrogen (secondary N) is 1. The van der Waals surface area contributed by atoms with Gasteiger partial charge in [0, 0.05) is 22.9 Å². The molecule has 64 valence electrons. The zero-order valence-electron chi connectivity index (χ0n) is 7.48. The summed E-state index contributed by atoms with van der Waals surface area (Å²) in [6.07, 6.45) is 0. The molecular weight excluding hydrogens is 166 g/mol. The molecule has 1 heterocycles. The molecule has 0 atom stereocenters. The summed E-state index contributed by atoms with van der Waals surface area (Å²) in [5.41, 5.74) is 4.09. The van der Waals surface area contributed by atoms with Crippen LogP contribution in [0.1, 0.15) is 11.1 Å². The van der Waals surface area contributed by atoms with E-state index in [1.165, 1.54) is 27.5 Å². The fourth-order valence-corrected chi connectivity index (χ4v) is 2.36. The molecular formula is C10H13NS. The highest BCUT2D eigenvalue weighted by Gasteiger charge is 2.09. The Hall–Kier alpha value is -0.630. The normalized spacial score (nSPS) is 15.2. The summed E-state index contributed by atoms with van der Waals surface area (Å²) in [5, 5.41) is 3.41. The Labute approximate surface area is 77.6 Å². The third kappa shape index (κ3) is 1.31. The van der Waals surface area contributed by atoms with Gasteiger partial charge in [-0.3, -0.25) is 0 Å². The van der Waals surface area contributed by atoms with Gasteiger partial charge < -0.3 is 5.32 Å². The molecule has 0 unspecified atom stereocenters. The van der Waals surface area contributed by atoms with Gasteiger partial charge in [-0.15, -0.1) is 11.8 Å². The molecule has 1 aromatic carbocycles. The Morgan fingerprint density at radius 1 is 1.25 bits per heavy atom. The van der Waals surface area contributed by atoms with Crippen molar-refractivity contribution in [2.24, 2.45) is 0 Å². The van der Waals surface area contributed by atoms with Crippen LogP contribution in [0.25, 0.3) is 0 Å². The predicted molar refractivity (Wildman–Crippen MR) is 55.1 cm³/mol. The lowest BCUT2D eigenvalue weighted by Gasteiger charge is -2.18. The van der Waals surface area contributed by atoms with E-state index in [2.05, 4.69) is 31.3 Å². The van der Waals surface area contributed by atoms with Crippen molar-refractivity contribution in [3.63, 3.8) is 0 Å². The molecule has 2 heteroatoms. The highest BCUT2D eigenvalue weighted by atomic mass is 32.2. The standard InChI is InChI=1S/C10H13NS/c1-7-5-9-10(6-8(7)2)12-4-3-11-9/h5-6,11H,3-4H2,1-2H3. The van der Waals surface area contributed by atoms with E-state index in [0.29, 0.717) is 0 Å². The Morgan fingerprint density at radius 2 is 2.00 bits per heavy atom. The van der Waals surface area contributed by atoms with Crippen LogP contribution in [0.5, 0.6) is 0 Å². The molecule has 12 heavy (non-hydrogen) atoms. The first kappa shape index (κ1) is 7.99. The SMILES string of the molecule is Cc1cc2c(cc1C)SCCN2. The molecule has 2 rings (SSSR count). The van der Waals surface area contributed by atoms with Crippen molar-refractivity contribution in [2.75, 3.05) is 17.6 Å². The van der Waals surface area contributed by atoms with Gasteiger partial charge >= 0.3 is 0 Å². The van der Waals surface area contributed by atoms with E-state index in [1.54, 1.807) is 0 Å². The number of fused-ring (bicyclic) bond motifs is 1. The second kappa shape index (κ2) is 3.02. The van der Waals surface area contributed by atoms with Crippen LogP contribution in [0.15, 0.2) is 17.0 Å². The molecule has 0 saturated carbocycles. The van der Waals surface area contributed by atoms with Crippen LogP contribution in [0, 0.1) is 13.8 Å². The predicted octanol–water partition coefficient (Wildman–Crippen LogP) is 2.82. The van der Waals surface area contributed by atoms with Crippen molar-refractivity contribution >= 4 is 17.4 Å². The van der Waals surface area contributed by atoms with Crippen LogP contribution in [0.4, 0.5) is 5.69 Å². The topological polar surface area (TPSA) is 12.0 Å². The van der Waals surface area contributed by atoms with E-state index in [4.69, 9.17) is 0 Å². The maximum atomic E-state index is 3.41. The van der Waals surface area contributed by atoms with Gasteiger partial charge in [0.1, 0.15) is 0 Å². The van der Waals surface area contributed by atoms with Crippen molar-refractivity contribution in [1.82, 2.24) is 0 Å². The molecule has 1 aliphatic heterocycles. The summed E-state index contributed by atoms with van der Waals surface area (Å²) in [4.78, 5) is 1.41. The highest BCUT2D eigenvalue weighted by Crippen LogP contribution is 2.32. The monoisotopic (exact) mass is 179 g/mol. The maximum absolute atomic E-state index is 3.41. The van der Waals surface area contributed by atoms with Crippen LogP contribution in [-0.4, -0.2) is 12.3 Å². The third-order valence-electron chi connectivity index (χ3n) is 2.27. The van der Waals surface area contributed by atoms with Gasteiger partial charge in [0.25, 0.3) is 0 Å². The van der Waals surface area contributed by atoms with Gasteiger partial charge in [-0.1, -0.05) is 0 Å². The maximum Gasteiger partial charge on any atom is 0.0481 e. The zero-order valence-corrected chi connectivity index (χ0v) is 8.29. The van der Waals surface area contributed by atoms with Crippen LogP contribution in [0.2, 0.25) is 0 Å². The lowest BCUT2D eigenvalue weighted by Crippen LogP contribution is -2.10. The quantitative estimate of drug-likeness (QED) is 0.657. The van der Waals surface area contributed by atoms with Crippen molar-refractivity contribution in [3.8, 4) is 0 Å². The van der Waals surface area contributed by atoms with Crippen molar-refractivity contribution in [1.29, 1.82) is 0 Å². The van der Waals surface area contributed by atoms with Crippen molar-refractivity contribution in [3.05, 3.63) is 23.3 Å². The fourth-order valence-electron chi connectivity index (χ4n) is 1.39. The van der Waals surface area contributed by atoms with Gasteiger partial charge in [0.05, 0.1) is 0 Å². The molecule has 1 aliphatic rings. The summed E-state index contributed by atoms with van der Waals surface area (Å²) < 4.78 is 0. The summed E-state index contributed by atoms with van der Waals surface area (Å²) in [6, 6.07) is 4.53. The Bertz CT molecular complexity index is 276. The van der Waals surface area contributed by atoms with E-state index >= 15 is 0 Å². The second-order valence-electron chi connectivity index (χ2n) is 3.21. The van der Waals surface area contributed by atoms with Gasteiger partial charge in [-0.2, -0.15) is 0 Å². The largest absolute Gasteiger partial charge is 0.383 e. The van der Waals surface area contributed by atoms with E-state index in [0.717, 1.165) is 6.54 Å². The second-order valence-corrected chi connectivity index (χ2v) is 4.34. The molecule has 0 aliphatic carbocycles. The number of aryl methyl sites for hydroxylation is 2. The molecule has 0 bridgehead atoms. The fraction of sp³-hybridized carbons (Fsp3) is 0.400. The molecule has 0 radical (unpaired) electrons. The molecule has 0 fully saturated rings. The van der Waals surface area contributed by atoms with E-state index in [1.807, 2.05) is 11.8 Å². The Morgan fingerprint density at radius 3 is 2.83 bits per heavy atom. The third-order valence-corrected chi connectivity index (χ3v) is 3.33. The lowest BCUT2D eigenvalue weighted by molar-refractivity contribution is 1.15. The van der Waals surface area contributed by atoms with Gasteiger partial charge in [-0.25, -0.2) is 0 Å². The molecule has 1 aromatic rings. The van der Waals surface area contributed by atoms with Crippen molar-refractivity contribution in [2.45, 2.75) is 18.7 Å². The smallest absolute Gasteiger partial charge is 0.0481 e. The van der Waals surface area contributed by atoms with Crippen LogP contribution in [-0.2, 0) is 0 Å². The first-order valence-electron chi connectivity index (χ1n) is 4.25. The van der Waals surface area contributed by atoms with Crippen LogP contribution < -0.4 is 5.32 Å². The van der Waals surface area contributed by atoms with E-state index < -0.39 is 0 Å². The summed E-state index contributed by atoms with van der Waals surface area (Å²) in [5.74, 6) is 1.19. The molecule has 1 N–H and O–H groups in total. The number of hydrogen-bond acceptors (Lipinski definition) is 2. The summed E-state index contributed by atoms with van der Waals surface area (Å²) in [6.45, 7) is 5.43. The molecule has 0 spiro atoms. The minimum absolute atomic E-state index is 1.10. The first-order valence-corrected chi connectivity index (χ1v) is 5.24. The summed E-state index contributed by atoms with van der Waals surface area (Å²) in [7, 11) is 0. The molecule has 0 saturated heterocycles. The minimum atomic E-state index is 1.10. The number of rotatable bonds is 0. The molecule has 0 aromatic heterocycles. The van der Waals surface area contributed by atoms with Gasteiger partial charge in [-0.05, 0) is 37.1 Å². The zero-order chi connectivity index (χ0) is 8.55. The average molecular weight is 179 g/mol. The van der Waals surface area contributed by atoms with Crippen molar-refractivity contribution < 1.29 is 0 Å². The number of benzene rings is 1. The van der Waals surface area contributed by atoms with Crippen LogP contribution in [0.3, 0.4) is 0 Å². The molecule has 0 amide bonds. The Kier molecular flexibility index (Phi) is 2.01. The number of thioether (sulfide) groups is 1. The van der Waals surface area contributed by atoms with Gasteiger partial charge in [0.15, 0.2) is 0 Å². The van der Waals surface area contributed by atoms with E-state index in [9.17, 15) is 0 Å². The Balaban J connectivity index is 2.49. The van der Waals surface area contributed by atoms with E-state index in [-0.39, 0.29) is 0 Å².